The predicted octanol–water partition coefficient (Wildman–Crippen LogP) is 2.04. The van der Waals surface area contributed by atoms with Crippen LogP contribution in [0.5, 0.6) is 0 Å². The first-order chi connectivity index (χ1) is 6.83. The number of rotatable bonds is 1. The van der Waals surface area contributed by atoms with Crippen LogP contribution in [0.4, 0.5) is 4.79 Å². The number of aromatic nitrogens is 2. The smallest absolute Gasteiger partial charge is 0.419 e. The maximum atomic E-state index is 11.4. The Balaban J connectivity index is 2.47. The molecule has 0 amide bonds. The van der Waals surface area contributed by atoms with Crippen LogP contribution >= 0.6 is 0 Å². The SMILES string of the molecule is CCOC(=O)n1ccc2cccnc21. The van der Waals surface area contributed by atoms with Gasteiger partial charge in [-0.15, -0.1) is 0 Å². The highest BCUT2D eigenvalue weighted by Gasteiger charge is 2.08. The fourth-order valence-corrected chi connectivity index (χ4v) is 1.31. The summed E-state index contributed by atoms with van der Waals surface area (Å²) in [6, 6.07) is 5.56. The molecule has 0 fully saturated rings. The van der Waals surface area contributed by atoms with E-state index in [4.69, 9.17) is 4.74 Å². The molecule has 0 aromatic carbocycles. The number of ether oxygens (including phenoxy) is 1. The lowest BCUT2D eigenvalue weighted by Gasteiger charge is -2.02. The number of hydrogen-bond donors (Lipinski definition) is 0. The van der Waals surface area contributed by atoms with Gasteiger partial charge in [0, 0.05) is 17.8 Å². The normalized spacial score (nSPS) is 10.4. The van der Waals surface area contributed by atoms with E-state index < -0.39 is 0 Å². The quantitative estimate of drug-likeness (QED) is 0.691. The average Bonchev–Trinajstić information content (AvgIpc) is 2.61. The maximum Gasteiger partial charge on any atom is 0.419 e. The molecule has 0 spiro atoms. The van der Waals surface area contributed by atoms with E-state index in [2.05, 4.69) is 4.98 Å². The Hall–Kier alpha value is -1.84. The number of fused-ring (bicyclic) bond motifs is 1. The molecule has 0 aliphatic heterocycles. The van der Waals surface area contributed by atoms with E-state index in [1.54, 1.807) is 19.3 Å². The zero-order chi connectivity index (χ0) is 9.97. The fourth-order valence-electron chi connectivity index (χ4n) is 1.31. The van der Waals surface area contributed by atoms with Gasteiger partial charge in [-0.3, -0.25) is 0 Å². The van der Waals surface area contributed by atoms with Crippen LogP contribution in [0.25, 0.3) is 11.0 Å². The van der Waals surface area contributed by atoms with Crippen LogP contribution in [0, 0.1) is 0 Å². The number of carbonyl (C=O) groups is 1. The van der Waals surface area contributed by atoms with Crippen molar-refractivity contribution in [3.63, 3.8) is 0 Å². The second-order valence-corrected chi connectivity index (χ2v) is 2.80. The Morgan fingerprint density at radius 3 is 3.21 bits per heavy atom. The van der Waals surface area contributed by atoms with E-state index in [1.807, 2.05) is 18.2 Å². The van der Waals surface area contributed by atoms with E-state index >= 15 is 0 Å². The van der Waals surface area contributed by atoms with Crippen LogP contribution in [0.3, 0.4) is 0 Å². The number of nitrogens with zero attached hydrogens (tertiary/aromatic N) is 2. The van der Waals surface area contributed by atoms with Gasteiger partial charge in [0.05, 0.1) is 6.61 Å². The second-order valence-electron chi connectivity index (χ2n) is 2.80. The first-order valence-corrected chi connectivity index (χ1v) is 4.42. The van der Waals surface area contributed by atoms with Gasteiger partial charge < -0.3 is 4.74 Å². The Labute approximate surface area is 81.1 Å². The Bertz CT molecular complexity index is 462. The molecule has 0 unspecified atom stereocenters. The molecule has 2 rings (SSSR count). The summed E-state index contributed by atoms with van der Waals surface area (Å²) in [5.74, 6) is 0. The third kappa shape index (κ3) is 1.35. The summed E-state index contributed by atoms with van der Waals surface area (Å²) in [7, 11) is 0. The summed E-state index contributed by atoms with van der Waals surface area (Å²) in [6.45, 7) is 2.14. The van der Waals surface area contributed by atoms with E-state index in [-0.39, 0.29) is 6.09 Å². The van der Waals surface area contributed by atoms with Crippen LogP contribution in [-0.2, 0) is 4.74 Å². The Morgan fingerprint density at radius 1 is 1.57 bits per heavy atom. The summed E-state index contributed by atoms with van der Waals surface area (Å²) in [5, 5.41) is 0.931. The van der Waals surface area contributed by atoms with E-state index in [9.17, 15) is 4.79 Å². The van der Waals surface area contributed by atoms with E-state index in [0.717, 1.165) is 5.39 Å². The lowest BCUT2D eigenvalue weighted by atomic mass is 10.3. The van der Waals surface area contributed by atoms with Crippen molar-refractivity contribution in [1.82, 2.24) is 9.55 Å². The molecule has 0 N–H and O–H groups in total. The van der Waals surface area contributed by atoms with Crippen LogP contribution in [-0.4, -0.2) is 22.3 Å². The molecule has 0 saturated heterocycles. The van der Waals surface area contributed by atoms with Crippen molar-refractivity contribution < 1.29 is 9.53 Å². The van der Waals surface area contributed by atoms with Gasteiger partial charge in [-0.05, 0) is 25.1 Å². The van der Waals surface area contributed by atoms with Crippen LogP contribution < -0.4 is 0 Å². The third-order valence-electron chi connectivity index (χ3n) is 1.91. The highest BCUT2D eigenvalue weighted by atomic mass is 16.5. The fraction of sp³-hybridized carbons (Fsp3) is 0.200. The average molecular weight is 190 g/mol. The standard InChI is InChI=1S/C10H10N2O2/c1-2-14-10(13)12-7-5-8-4-3-6-11-9(8)12/h3-7H,2H2,1H3. The summed E-state index contributed by atoms with van der Waals surface area (Å²) >= 11 is 0. The van der Waals surface area contributed by atoms with Crippen LogP contribution in [0.15, 0.2) is 30.6 Å². The van der Waals surface area contributed by atoms with Crippen molar-refractivity contribution in [1.29, 1.82) is 0 Å². The lowest BCUT2D eigenvalue weighted by molar-refractivity contribution is 0.155. The number of pyridine rings is 1. The van der Waals surface area contributed by atoms with Crippen molar-refractivity contribution in [2.24, 2.45) is 0 Å². The molecule has 4 nitrogen and oxygen atoms in total. The predicted molar refractivity (Wildman–Crippen MR) is 52.2 cm³/mol. The Morgan fingerprint density at radius 2 is 2.43 bits per heavy atom. The molecule has 2 aromatic heterocycles. The van der Waals surface area contributed by atoms with Gasteiger partial charge in [0.2, 0.25) is 0 Å². The first-order valence-electron chi connectivity index (χ1n) is 4.42. The van der Waals surface area contributed by atoms with Crippen LogP contribution in [0.1, 0.15) is 6.92 Å². The minimum absolute atomic E-state index is 0.366. The Kier molecular flexibility index (Phi) is 2.18. The van der Waals surface area contributed by atoms with Crippen molar-refractivity contribution in [3.05, 3.63) is 30.6 Å². The van der Waals surface area contributed by atoms with Gasteiger partial charge in [-0.1, -0.05) is 0 Å². The van der Waals surface area contributed by atoms with Crippen molar-refractivity contribution in [3.8, 4) is 0 Å². The summed E-state index contributed by atoms with van der Waals surface area (Å²) in [6.07, 6.45) is 2.93. The number of carbonyl (C=O) groups excluding carboxylic acids is 1. The zero-order valence-corrected chi connectivity index (χ0v) is 7.80. The van der Waals surface area contributed by atoms with Gasteiger partial charge in [0.1, 0.15) is 5.65 Å². The monoisotopic (exact) mass is 190 g/mol. The van der Waals surface area contributed by atoms with Gasteiger partial charge in [0.15, 0.2) is 0 Å². The van der Waals surface area contributed by atoms with Crippen molar-refractivity contribution in [2.75, 3.05) is 6.61 Å². The van der Waals surface area contributed by atoms with Crippen molar-refractivity contribution >= 4 is 17.1 Å². The molecule has 0 saturated carbocycles. The molecular formula is C10H10N2O2. The minimum Gasteiger partial charge on any atom is -0.449 e. The highest BCUT2D eigenvalue weighted by molar-refractivity contribution is 5.86. The number of hydrogen-bond acceptors (Lipinski definition) is 3. The van der Waals surface area contributed by atoms with Gasteiger partial charge >= 0.3 is 6.09 Å². The van der Waals surface area contributed by atoms with E-state index in [1.165, 1.54) is 4.57 Å². The molecule has 0 atom stereocenters. The zero-order valence-electron chi connectivity index (χ0n) is 7.80. The molecule has 72 valence electrons. The summed E-state index contributed by atoms with van der Waals surface area (Å²) in [5.41, 5.74) is 0.631. The molecule has 0 aliphatic carbocycles. The van der Waals surface area contributed by atoms with Gasteiger partial charge in [0.25, 0.3) is 0 Å². The van der Waals surface area contributed by atoms with Gasteiger partial charge in [-0.25, -0.2) is 14.3 Å². The molecule has 0 bridgehead atoms. The molecule has 4 heteroatoms. The first kappa shape index (κ1) is 8.74. The summed E-state index contributed by atoms with van der Waals surface area (Å²) < 4.78 is 6.28. The highest BCUT2D eigenvalue weighted by Crippen LogP contribution is 2.12. The maximum absolute atomic E-state index is 11.4. The molecule has 14 heavy (non-hydrogen) atoms. The molecular weight excluding hydrogens is 180 g/mol. The van der Waals surface area contributed by atoms with Crippen molar-refractivity contribution in [2.45, 2.75) is 6.92 Å². The molecule has 0 radical (unpaired) electrons. The second kappa shape index (κ2) is 3.49. The van der Waals surface area contributed by atoms with Crippen LogP contribution in [0.2, 0.25) is 0 Å². The lowest BCUT2D eigenvalue weighted by Crippen LogP contribution is -2.12. The van der Waals surface area contributed by atoms with E-state index in [0.29, 0.717) is 12.3 Å². The molecule has 0 aliphatic rings. The third-order valence-corrected chi connectivity index (χ3v) is 1.91. The minimum atomic E-state index is -0.388. The largest absolute Gasteiger partial charge is 0.449 e. The van der Waals surface area contributed by atoms with Gasteiger partial charge in [-0.2, -0.15) is 0 Å². The molecule has 2 heterocycles. The topological polar surface area (TPSA) is 44.1 Å². The molecule has 2 aromatic rings. The summed E-state index contributed by atoms with van der Waals surface area (Å²) in [4.78, 5) is 15.5.